The summed E-state index contributed by atoms with van der Waals surface area (Å²) < 4.78 is 0. The fraction of sp³-hybridized carbons (Fsp3) is 0.625. The van der Waals surface area contributed by atoms with Crippen molar-refractivity contribution in [3.63, 3.8) is 0 Å². The Kier molecular flexibility index (Phi) is 3.55. The van der Waals surface area contributed by atoms with Crippen molar-refractivity contribution in [1.82, 2.24) is 15.3 Å². The molecule has 4 rings (SSSR count). The van der Waals surface area contributed by atoms with E-state index in [1.807, 2.05) is 11.2 Å². The number of hydrogen-bond acceptors (Lipinski definition) is 5. The van der Waals surface area contributed by atoms with Crippen LogP contribution in [0.3, 0.4) is 0 Å². The highest BCUT2D eigenvalue weighted by molar-refractivity contribution is 7.98. The molecule has 122 valence electrons. The lowest BCUT2D eigenvalue weighted by atomic mass is 9.76. The monoisotopic (exact) mass is 332 g/mol. The van der Waals surface area contributed by atoms with E-state index >= 15 is 0 Å². The van der Waals surface area contributed by atoms with Gasteiger partial charge in [-0.3, -0.25) is 14.5 Å². The molecule has 1 saturated carbocycles. The maximum absolute atomic E-state index is 13.3. The molecular weight excluding hydrogens is 312 g/mol. The number of carbonyl (C=O) groups excluding carboxylic acids is 2. The molecule has 3 aliphatic rings. The molecule has 1 spiro atoms. The molecule has 1 aromatic rings. The standard InChI is InChI=1S/C16H20N4O2S/c1-23-15-18-9-10-8-16(6-7-17-13(16)21)14(22)20(12(10)19-15)11-4-2-3-5-11/h9,11H,2-8H2,1H3,(H,17,21)/t16-/m1/s1. The van der Waals surface area contributed by atoms with Crippen molar-refractivity contribution in [3.8, 4) is 0 Å². The van der Waals surface area contributed by atoms with E-state index in [1.54, 1.807) is 6.20 Å². The smallest absolute Gasteiger partial charge is 0.244 e. The van der Waals surface area contributed by atoms with Crippen molar-refractivity contribution in [2.24, 2.45) is 5.41 Å². The van der Waals surface area contributed by atoms with E-state index in [1.165, 1.54) is 11.8 Å². The van der Waals surface area contributed by atoms with Gasteiger partial charge in [-0.1, -0.05) is 24.6 Å². The van der Waals surface area contributed by atoms with Crippen molar-refractivity contribution < 1.29 is 9.59 Å². The van der Waals surface area contributed by atoms with Crippen molar-refractivity contribution in [2.45, 2.75) is 49.7 Å². The number of aromatic nitrogens is 2. The quantitative estimate of drug-likeness (QED) is 0.505. The Balaban J connectivity index is 1.84. The van der Waals surface area contributed by atoms with Gasteiger partial charge in [-0.15, -0.1) is 0 Å². The number of amides is 2. The zero-order valence-electron chi connectivity index (χ0n) is 13.2. The minimum atomic E-state index is -0.945. The number of nitrogens with one attached hydrogen (secondary N) is 1. The first-order valence-electron chi connectivity index (χ1n) is 8.17. The van der Waals surface area contributed by atoms with Gasteiger partial charge in [0.2, 0.25) is 11.8 Å². The molecule has 0 radical (unpaired) electrons. The van der Waals surface area contributed by atoms with Gasteiger partial charge < -0.3 is 5.32 Å². The number of anilines is 1. The van der Waals surface area contributed by atoms with Crippen LogP contribution in [0.5, 0.6) is 0 Å². The molecule has 1 atom stereocenters. The summed E-state index contributed by atoms with van der Waals surface area (Å²) >= 11 is 1.47. The SMILES string of the molecule is CSc1ncc2c(n1)N(C1CCCC1)C(=O)[C@]1(CCNC1=O)C2. The summed E-state index contributed by atoms with van der Waals surface area (Å²) in [6.45, 7) is 0.572. The van der Waals surface area contributed by atoms with E-state index in [9.17, 15) is 9.59 Å². The highest BCUT2D eigenvalue weighted by Gasteiger charge is 2.56. The molecule has 1 aliphatic carbocycles. The molecule has 0 unspecified atom stereocenters. The van der Waals surface area contributed by atoms with Crippen molar-refractivity contribution >= 4 is 29.4 Å². The number of carbonyl (C=O) groups is 2. The summed E-state index contributed by atoms with van der Waals surface area (Å²) in [6, 6.07) is 0.163. The highest BCUT2D eigenvalue weighted by atomic mass is 32.2. The number of nitrogens with zero attached hydrogens (tertiary/aromatic N) is 3. The third kappa shape index (κ3) is 2.16. The molecule has 3 heterocycles. The normalized spacial score (nSPS) is 27.6. The van der Waals surface area contributed by atoms with E-state index in [-0.39, 0.29) is 17.9 Å². The van der Waals surface area contributed by atoms with Crippen LogP contribution in [0, 0.1) is 5.41 Å². The van der Waals surface area contributed by atoms with E-state index in [0.717, 1.165) is 37.1 Å². The Labute approximate surface area is 139 Å². The molecule has 23 heavy (non-hydrogen) atoms. The second kappa shape index (κ2) is 5.47. The molecule has 2 fully saturated rings. The van der Waals surface area contributed by atoms with Gasteiger partial charge >= 0.3 is 0 Å². The third-order valence-electron chi connectivity index (χ3n) is 5.31. The summed E-state index contributed by atoms with van der Waals surface area (Å²) in [6.07, 6.45) is 8.95. The number of hydrogen-bond donors (Lipinski definition) is 1. The van der Waals surface area contributed by atoms with Gasteiger partial charge in [0.05, 0.1) is 0 Å². The Morgan fingerprint density at radius 1 is 1.35 bits per heavy atom. The molecule has 0 aromatic carbocycles. The van der Waals surface area contributed by atoms with Gasteiger partial charge in [0.15, 0.2) is 5.16 Å². The van der Waals surface area contributed by atoms with Gasteiger partial charge in [-0.2, -0.15) is 0 Å². The molecule has 0 bridgehead atoms. The van der Waals surface area contributed by atoms with Crippen molar-refractivity contribution in [3.05, 3.63) is 11.8 Å². The lowest BCUT2D eigenvalue weighted by molar-refractivity contribution is -0.140. The average molecular weight is 332 g/mol. The van der Waals surface area contributed by atoms with Gasteiger partial charge in [0.25, 0.3) is 0 Å². The minimum absolute atomic E-state index is 0.0577. The van der Waals surface area contributed by atoms with Crippen LogP contribution in [0.25, 0.3) is 0 Å². The summed E-state index contributed by atoms with van der Waals surface area (Å²) in [4.78, 5) is 36.6. The van der Waals surface area contributed by atoms with E-state index < -0.39 is 5.41 Å². The fourth-order valence-electron chi connectivity index (χ4n) is 4.09. The maximum atomic E-state index is 13.3. The van der Waals surface area contributed by atoms with Crippen LogP contribution in [0.1, 0.15) is 37.7 Å². The molecule has 1 aromatic heterocycles. The Morgan fingerprint density at radius 2 is 2.13 bits per heavy atom. The lowest BCUT2D eigenvalue weighted by Crippen LogP contribution is -2.56. The summed E-state index contributed by atoms with van der Waals surface area (Å²) in [5, 5.41) is 3.52. The minimum Gasteiger partial charge on any atom is -0.355 e. The van der Waals surface area contributed by atoms with Crippen LogP contribution < -0.4 is 10.2 Å². The molecule has 1 saturated heterocycles. The van der Waals surface area contributed by atoms with Gasteiger partial charge in [-0.05, 0) is 25.5 Å². The number of fused-ring (bicyclic) bond motifs is 1. The third-order valence-corrected chi connectivity index (χ3v) is 5.87. The first-order valence-corrected chi connectivity index (χ1v) is 9.40. The van der Waals surface area contributed by atoms with Gasteiger partial charge in [0.1, 0.15) is 11.2 Å². The number of thioether (sulfide) groups is 1. The van der Waals surface area contributed by atoms with Crippen molar-refractivity contribution in [2.75, 3.05) is 17.7 Å². The molecule has 6 nitrogen and oxygen atoms in total. The van der Waals surface area contributed by atoms with Crippen molar-refractivity contribution in [1.29, 1.82) is 0 Å². The number of rotatable bonds is 2. The van der Waals surface area contributed by atoms with Gasteiger partial charge in [0, 0.05) is 30.8 Å². The van der Waals surface area contributed by atoms with Crippen LogP contribution in [0.2, 0.25) is 0 Å². The highest BCUT2D eigenvalue weighted by Crippen LogP contribution is 2.44. The van der Waals surface area contributed by atoms with E-state index in [2.05, 4.69) is 15.3 Å². The fourth-order valence-corrected chi connectivity index (χ4v) is 4.42. The molecule has 1 N–H and O–H groups in total. The molecule has 2 aliphatic heterocycles. The zero-order chi connectivity index (χ0) is 16.0. The summed E-state index contributed by atoms with van der Waals surface area (Å²) in [7, 11) is 0. The van der Waals surface area contributed by atoms with Crippen LogP contribution in [0.15, 0.2) is 11.4 Å². The average Bonchev–Trinajstić information content (AvgIpc) is 3.20. The first-order chi connectivity index (χ1) is 11.2. The lowest BCUT2D eigenvalue weighted by Gasteiger charge is -2.40. The first kappa shape index (κ1) is 14.9. The second-order valence-electron chi connectivity index (χ2n) is 6.58. The topological polar surface area (TPSA) is 75.2 Å². The van der Waals surface area contributed by atoms with Crippen LogP contribution in [0.4, 0.5) is 5.82 Å². The van der Waals surface area contributed by atoms with Crippen LogP contribution in [-0.2, 0) is 16.0 Å². The molecule has 2 amide bonds. The molecule has 7 heteroatoms. The maximum Gasteiger partial charge on any atom is 0.244 e. The Morgan fingerprint density at radius 3 is 2.78 bits per heavy atom. The molecular formula is C16H20N4O2S. The Hall–Kier alpha value is -1.63. The predicted molar refractivity (Wildman–Crippen MR) is 87.3 cm³/mol. The van der Waals surface area contributed by atoms with E-state index in [4.69, 9.17) is 0 Å². The van der Waals surface area contributed by atoms with Crippen LogP contribution in [-0.4, -0.2) is 40.6 Å². The second-order valence-corrected chi connectivity index (χ2v) is 7.36. The van der Waals surface area contributed by atoms with E-state index in [0.29, 0.717) is 24.5 Å². The van der Waals surface area contributed by atoms with Gasteiger partial charge in [-0.25, -0.2) is 9.97 Å². The summed E-state index contributed by atoms with van der Waals surface area (Å²) in [5.41, 5.74) is -0.0221. The summed E-state index contributed by atoms with van der Waals surface area (Å²) in [5.74, 6) is 0.536. The Bertz CT molecular complexity index is 674. The predicted octanol–water partition coefficient (Wildman–Crippen LogP) is 1.54. The largest absolute Gasteiger partial charge is 0.355 e. The van der Waals surface area contributed by atoms with Crippen LogP contribution >= 0.6 is 11.8 Å². The zero-order valence-corrected chi connectivity index (χ0v) is 14.0.